The molecule has 0 aromatic heterocycles. The molecule has 7 heteroatoms. The fourth-order valence-electron chi connectivity index (χ4n) is 3.70. The molecular formula is C17H23F2N3O2. The monoisotopic (exact) mass is 339 g/mol. The van der Waals surface area contributed by atoms with Crippen LogP contribution in [0.5, 0.6) is 0 Å². The Bertz CT molecular complexity index is 613. The lowest BCUT2D eigenvalue weighted by molar-refractivity contribution is 0.191. The standard InChI is InChI=1S/C17H23F2N3O2/c1-21-6-5-15(16(21)12-2-3-13(18)14(19)8-12)20-17(24)22-7-4-11(9-22)10-23/h2-3,8,11,15-16,23H,4-7,9-10H2,1H3,(H,20,24). The van der Waals surface area contributed by atoms with Gasteiger partial charge in [-0.1, -0.05) is 6.07 Å². The van der Waals surface area contributed by atoms with Crippen LogP contribution in [0, 0.1) is 17.6 Å². The fraction of sp³-hybridized carbons (Fsp3) is 0.588. The highest BCUT2D eigenvalue weighted by atomic mass is 19.2. The molecule has 2 fully saturated rings. The Morgan fingerprint density at radius 3 is 2.75 bits per heavy atom. The van der Waals surface area contributed by atoms with E-state index in [1.54, 1.807) is 11.0 Å². The average molecular weight is 339 g/mol. The lowest BCUT2D eigenvalue weighted by Gasteiger charge is -2.28. The summed E-state index contributed by atoms with van der Waals surface area (Å²) in [6.07, 6.45) is 1.56. The smallest absolute Gasteiger partial charge is 0.317 e. The van der Waals surface area contributed by atoms with Gasteiger partial charge in [0.05, 0.1) is 12.1 Å². The van der Waals surface area contributed by atoms with Gasteiger partial charge >= 0.3 is 6.03 Å². The number of aliphatic hydroxyl groups is 1. The molecule has 0 spiro atoms. The van der Waals surface area contributed by atoms with Crippen LogP contribution in [-0.2, 0) is 0 Å². The first-order valence-electron chi connectivity index (χ1n) is 8.31. The molecule has 0 aliphatic carbocycles. The zero-order valence-corrected chi connectivity index (χ0v) is 13.7. The summed E-state index contributed by atoms with van der Waals surface area (Å²) in [7, 11) is 1.91. The van der Waals surface area contributed by atoms with Crippen molar-refractivity contribution in [2.75, 3.05) is 33.3 Å². The van der Waals surface area contributed by atoms with E-state index in [9.17, 15) is 18.7 Å². The number of hydrogen-bond acceptors (Lipinski definition) is 3. The van der Waals surface area contributed by atoms with Crippen molar-refractivity contribution < 1.29 is 18.7 Å². The van der Waals surface area contributed by atoms with Gasteiger partial charge in [-0.3, -0.25) is 4.90 Å². The lowest BCUT2D eigenvalue weighted by atomic mass is 10.00. The van der Waals surface area contributed by atoms with E-state index >= 15 is 0 Å². The average Bonchev–Trinajstić information content (AvgIpc) is 3.17. The van der Waals surface area contributed by atoms with E-state index in [1.165, 1.54) is 6.07 Å². The van der Waals surface area contributed by atoms with E-state index in [4.69, 9.17) is 0 Å². The van der Waals surface area contributed by atoms with Crippen LogP contribution in [0.4, 0.5) is 13.6 Å². The number of aliphatic hydroxyl groups excluding tert-OH is 1. The molecule has 0 saturated carbocycles. The van der Waals surface area contributed by atoms with Gasteiger partial charge < -0.3 is 15.3 Å². The molecule has 24 heavy (non-hydrogen) atoms. The maximum Gasteiger partial charge on any atom is 0.317 e. The molecule has 1 aromatic rings. The van der Waals surface area contributed by atoms with E-state index in [0.29, 0.717) is 18.7 Å². The topological polar surface area (TPSA) is 55.8 Å². The minimum absolute atomic E-state index is 0.0907. The van der Waals surface area contributed by atoms with Crippen LogP contribution in [0.25, 0.3) is 0 Å². The molecule has 5 nitrogen and oxygen atoms in total. The van der Waals surface area contributed by atoms with Gasteiger partial charge in [-0.2, -0.15) is 0 Å². The third-order valence-electron chi connectivity index (χ3n) is 5.07. The Balaban J connectivity index is 1.70. The summed E-state index contributed by atoms with van der Waals surface area (Å²) in [4.78, 5) is 16.2. The third kappa shape index (κ3) is 3.37. The van der Waals surface area contributed by atoms with Crippen molar-refractivity contribution in [3.8, 4) is 0 Å². The van der Waals surface area contributed by atoms with Crippen molar-refractivity contribution in [1.82, 2.24) is 15.1 Å². The molecule has 3 atom stereocenters. The highest BCUT2D eigenvalue weighted by Gasteiger charge is 2.36. The molecule has 2 heterocycles. The Morgan fingerprint density at radius 1 is 1.29 bits per heavy atom. The van der Waals surface area contributed by atoms with Gasteiger partial charge in [0.2, 0.25) is 0 Å². The summed E-state index contributed by atoms with van der Waals surface area (Å²) in [5, 5.41) is 12.2. The zero-order valence-electron chi connectivity index (χ0n) is 13.7. The van der Waals surface area contributed by atoms with E-state index in [0.717, 1.165) is 25.5 Å². The molecule has 3 rings (SSSR count). The number of rotatable bonds is 3. The van der Waals surface area contributed by atoms with Gasteiger partial charge in [-0.15, -0.1) is 0 Å². The van der Waals surface area contributed by atoms with Gasteiger partial charge in [-0.05, 0) is 37.6 Å². The minimum Gasteiger partial charge on any atom is -0.396 e. The summed E-state index contributed by atoms with van der Waals surface area (Å²) in [5.41, 5.74) is 0.661. The summed E-state index contributed by atoms with van der Waals surface area (Å²) in [5.74, 6) is -1.60. The van der Waals surface area contributed by atoms with Crippen LogP contribution in [0.1, 0.15) is 24.4 Å². The summed E-state index contributed by atoms with van der Waals surface area (Å²) in [6, 6.07) is 3.42. The number of likely N-dealkylation sites (tertiary alicyclic amines) is 2. The summed E-state index contributed by atoms with van der Waals surface area (Å²) in [6.45, 7) is 2.05. The van der Waals surface area contributed by atoms with Crippen LogP contribution < -0.4 is 5.32 Å². The number of hydrogen-bond donors (Lipinski definition) is 2. The molecular weight excluding hydrogens is 316 g/mol. The number of benzene rings is 1. The van der Waals surface area contributed by atoms with Crippen LogP contribution >= 0.6 is 0 Å². The highest BCUT2D eigenvalue weighted by molar-refractivity contribution is 5.75. The maximum absolute atomic E-state index is 13.6. The number of nitrogens with one attached hydrogen (secondary N) is 1. The number of carbonyl (C=O) groups excluding carboxylic acids is 1. The Hall–Kier alpha value is -1.73. The third-order valence-corrected chi connectivity index (χ3v) is 5.07. The number of likely N-dealkylation sites (N-methyl/N-ethyl adjacent to an activating group) is 1. The first kappa shape index (κ1) is 17.1. The van der Waals surface area contributed by atoms with Crippen molar-refractivity contribution in [3.05, 3.63) is 35.4 Å². The quantitative estimate of drug-likeness (QED) is 0.882. The van der Waals surface area contributed by atoms with Gasteiger partial charge in [0.15, 0.2) is 11.6 Å². The molecule has 2 amide bonds. The van der Waals surface area contributed by atoms with Crippen molar-refractivity contribution in [1.29, 1.82) is 0 Å². The second-order valence-corrected chi connectivity index (χ2v) is 6.73. The molecule has 2 aliphatic heterocycles. The molecule has 2 N–H and O–H groups in total. The Labute approximate surface area is 140 Å². The van der Waals surface area contributed by atoms with E-state index in [-0.39, 0.29) is 30.6 Å². The van der Waals surface area contributed by atoms with E-state index in [1.807, 2.05) is 11.9 Å². The van der Waals surface area contributed by atoms with Gasteiger partial charge in [0.1, 0.15) is 0 Å². The number of carbonyl (C=O) groups is 1. The molecule has 132 valence electrons. The van der Waals surface area contributed by atoms with Gasteiger partial charge in [-0.25, -0.2) is 13.6 Å². The second kappa shape index (κ2) is 7.03. The normalized spacial score (nSPS) is 27.7. The molecule has 2 aliphatic rings. The van der Waals surface area contributed by atoms with Crippen molar-refractivity contribution in [3.63, 3.8) is 0 Å². The van der Waals surface area contributed by atoms with Crippen LogP contribution in [0.2, 0.25) is 0 Å². The molecule has 0 radical (unpaired) electrons. The van der Waals surface area contributed by atoms with Crippen LogP contribution in [0.3, 0.4) is 0 Å². The highest BCUT2D eigenvalue weighted by Crippen LogP contribution is 2.32. The summed E-state index contributed by atoms with van der Waals surface area (Å²) >= 11 is 0. The first-order valence-corrected chi connectivity index (χ1v) is 8.31. The Morgan fingerprint density at radius 2 is 2.08 bits per heavy atom. The van der Waals surface area contributed by atoms with Gasteiger partial charge in [0, 0.05) is 32.2 Å². The number of nitrogens with zero attached hydrogens (tertiary/aromatic N) is 2. The minimum atomic E-state index is -0.872. The first-order chi connectivity index (χ1) is 11.5. The van der Waals surface area contributed by atoms with E-state index in [2.05, 4.69) is 5.32 Å². The van der Waals surface area contributed by atoms with Crippen molar-refractivity contribution in [2.24, 2.45) is 5.92 Å². The predicted molar refractivity (Wildman–Crippen MR) is 85.4 cm³/mol. The van der Waals surface area contributed by atoms with E-state index < -0.39 is 11.6 Å². The lowest BCUT2D eigenvalue weighted by Crippen LogP contribution is -2.46. The van der Waals surface area contributed by atoms with Crippen LogP contribution in [0.15, 0.2) is 18.2 Å². The second-order valence-electron chi connectivity index (χ2n) is 6.73. The molecule has 2 saturated heterocycles. The zero-order chi connectivity index (χ0) is 17.3. The number of amides is 2. The maximum atomic E-state index is 13.6. The van der Waals surface area contributed by atoms with Gasteiger partial charge in [0.25, 0.3) is 0 Å². The predicted octanol–water partition coefficient (Wildman–Crippen LogP) is 1.73. The fourth-order valence-corrected chi connectivity index (χ4v) is 3.70. The SMILES string of the molecule is CN1CCC(NC(=O)N2CCC(CO)C2)C1c1ccc(F)c(F)c1. The number of urea groups is 1. The largest absolute Gasteiger partial charge is 0.396 e. The Kier molecular flexibility index (Phi) is 5.01. The molecule has 0 bridgehead atoms. The van der Waals surface area contributed by atoms with Crippen LogP contribution in [-0.4, -0.2) is 60.3 Å². The van der Waals surface area contributed by atoms with Crippen molar-refractivity contribution in [2.45, 2.75) is 24.9 Å². The molecule has 3 unspecified atom stereocenters. The van der Waals surface area contributed by atoms with Crippen molar-refractivity contribution >= 4 is 6.03 Å². The molecule has 1 aromatic carbocycles. The summed E-state index contributed by atoms with van der Waals surface area (Å²) < 4.78 is 26.7. The number of halogens is 2.